The molecule has 1 amide bonds. The van der Waals surface area contributed by atoms with Crippen LogP contribution in [0.5, 0.6) is 0 Å². The van der Waals surface area contributed by atoms with Gasteiger partial charge in [-0.3, -0.25) is 9.59 Å². The number of carbonyl (C=O) groups is 2. The Labute approximate surface area is 111 Å². The zero-order chi connectivity index (χ0) is 13.3. The number of amides is 1. The second-order valence-electron chi connectivity index (χ2n) is 3.70. The zero-order valence-electron chi connectivity index (χ0n) is 10.2. The van der Waals surface area contributed by atoms with Gasteiger partial charge in [0.2, 0.25) is 5.91 Å². The largest absolute Gasteiger partial charge is 0.392 e. The Morgan fingerprint density at radius 3 is 2.65 bits per heavy atom. The number of hydrogen-bond acceptors (Lipinski definition) is 4. The van der Waals surface area contributed by atoms with Crippen LogP contribution < -0.4 is 5.32 Å². The number of thioether (sulfide) groups is 1. The van der Waals surface area contributed by atoms with Gasteiger partial charge in [-0.1, -0.05) is 25.6 Å². The standard InChI is InChI=1S/C11H20ClNO3S/c1-3-10(15)13-6-7-17-11(16)8(2)9(14)4-5-12/h8-9,14H,3-7H2,1-2H3,(H,13,15). The summed E-state index contributed by atoms with van der Waals surface area (Å²) in [6, 6.07) is 0. The first-order valence-corrected chi connectivity index (χ1v) is 7.22. The molecule has 0 aliphatic rings. The van der Waals surface area contributed by atoms with Crippen molar-refractivity contribution in [1.29, 1.82) is 0 Å². The highest BCUT2D eigenvalue weighted by molar-refractivity contribution is 8.13. The molecular formula is C11H20ClNO3S. The van der Waals surface area contributed by atoms with Crippen molar-refractivity contribution in [3.05, 3.63) is 0 Å². The average Bonchev–Trinajstić information content (AvgIpc) is 2.33. The van der Waals surface area contributed by atoms with Crippen LogP contribution in [0, 0.1) is 5.92 Å². The van der Waals surface area contributed by atoms with E-state index in [2.05, 4.69) is 5.32 Å². The number of hydrogen-bond donors (Lipinski definition) is 2. The van der Waals surface area contributed by atoms with Crippen LogP contribution >= 0.6 is 23.4 Å². The van der Waals surface area contributed by atoms with Crippen LogP contribution in [0.1, 0.15) is 26.7 Å². The summed E-state index contributed by atoms with van der Waals surface area (Å²) in [4.78, 5) is 22.5. The van der Waals surface area contributed by atoms with E-state index in [1.54, 1.807) is 13.8 Å². The van der Waals surface area contributed by atoms with E-state index in [1.165, 1.54) is 0 Å². The molecule has 0 saturated carbocycles. The lowest BCUT2D eigenvalue weighted by molar-refractivity contribution is -0.120. The fourth-order valence-electron chi connectivity index (χ4n) is 1.12. The Kier molecular flexibility index (Phi) is 9.59. The lowest BCUT2D eigenvalue weighted by Gasteiger charge is -2.15. The number of carbonyl (C=O) groups excluding carboxylic acids is 2. The molecule has 0 bridgehead atoms. The van der Waals surface area contributed by atoms with Crippen molar-refractivity contribution in [1.82, 2.24) is 5.32 Å². The predicted octanol–water partition coefficient (Wildman–Crippen LogP) is 1.40. The van der Waals surface area contributed by atoms with Crippen LogP contribution in [-0.2, 0) is 9.59 Å². The average molecular weight is 282 g/mol. The van der Waals surface area contributed by atoms with Gasteiger partial charge in [0, 0.05) is 24.6 Å². The summed E-state index contributed by atoms with van der Waals surface area (Å²) in [7, 11) is 0. The lowest BCUT2D eigenvalue weighted by Crippen LogP contribution is -2.27. The number of aliphatic hydroxyl groups excluding tert-OH is 1. The Bertz CT molecular complexity index is 251. The molecule has 0 fully saturated rings. The first kappa shape index (κ1) is 16.7. The molecule has 0 spiro atoms. The molecular weight excluding hydrogens is 262 g/mol. The second kappa shape index (κ2) is 9.74. The summed E-state index contributed by atoms with van der Waals surface area (Å²) < 4.78 is 0. The fraction of sp³-hybridized carbons (Fsp3) is 0.818. The van der Waals surface area contributed by atoms with Gasteiger partial charge in [-0.25, -0.2) is 0 Å². The third-order valence-corrected chi connectivity index (χ3v) is 3.63. The number of rotatable bonds is 8. The van der Waals surface area contributed by atoms with E-state index in [9.17, 15) is 14.7 Å². The molecule has 0 heterocycles. The Balaban J connectivity index is 3.74. The molecule has 0 saturated heterocycles. The van der Waals surface area contributed by atoms with E-state index in [4.69, 9.17) is 11.6 Å². The summed E-state index contributed by atoms with van der Waals surface area (Å²) in [6.07, 6.45) is 0.183. The Morgan fingerprint density at radius 2 is 2.12 bits per heavy atom. The maximum atomic E-state index is 11.6. The zero-order valence-corrected chi connectivity index (χ0v) is 11.8. The Morgan fingerprint density at radius 1 is 1.47 bits per heavy atom. The van der Waals surface area contributed by atoms with Crippen molar-refractivity contribution in [3.8, 4) is 0 Å². The predicted molar refractivity (Wildman–Crippen MR) is 71.3 cm³/mol. The minimum absolute atomic E-state index is 0.0201. The topological polar surface area (TPSA) is 66.4 Å². The van der Waals surface area contributed by atoms with Crippen LogP contribution in [0.25, 0.3) is 0 Å². The van der Waals surface area contributed by atoms with Crippen molar-refractivity contribution >= 4 is 34.4 Å². The van der Waals surface area contributed by atoms with E-state index < -0.39 is 12.0 Å². The third kappa shape index (κ3) is 7.63. The quantitative estimate of drug-likeness (QED) is 0.521. The molecule has 0 rings (SSSR count). The number of nitrogens with one attached hydrogen (secondary N) is 1. The van der Waals surface area contributed by atoms with Crippen LogP contribution in [-0.4, -0.2) is 40.4 Å². The van der Waals surface area contributed by atoms with E-state index in [0.29, 0.717) is 31.0 Å². The maximum Gasteiger partial charge on any atom is 0.219 e. The van der Waals surface area contributed by atoms with Gasteiger partial charge in [0.05, 0.1) is 12.0 Å². The molecule has 0 radical (unpaired) electrons. The van der Waals surface area contributed by atoms with Gasteiger partial charge in [-0.05, 0) is 6.42 Å². The van der Waals surface area contributed by atoms with Crippen molar-refractivity contribution in [2.45, 2.75) is 32.8 Å². The minimum atomic E-state index is -0.683. The van der Waals surface area contributed by atoms with Crippen LogP contribution in [0.15, 0.2) is 0 Å². The molecule has 6 heteroatoms. The molecule has 0 aliphatic carbocycles. The normalized spacial score (nSPS) is 14.1. The van der Waals surface area contributed by atoms with E-state index >= 15 is 0 Å². The van der Waals surface area contributed by atoms with Gasteiger partial charge < -0.3 is 10.4 Å². The monoisotopic (exact) mass is 281 g/mol. The molecule has 2 unspecified atom stereocenters. The molecule has 2 N–H and O–H groups in total. The molecule has 0 aromatic rings. The third-order valence-electron chi connectivity index (χ3n) is 2.34. The molecule has 100 valence electrons. The molecule has 17 heavy (non-hydrogen) atoms. The number of alkyl halides is 1. The molecule has 0 aromatic carbocycles. The van der Waals surface area contributed by atoms with E-state index in [1.807, 2.05) is 0 Å². The smallest absolute Gasteiger partial charge is 0.219 e. The molecule has 0 aliphatic heterocycles. The van der Waals surface area contributed by atoms with Crippen molar-refractivity contribution < 1.29 is 14.7 Å². The van der Waals surface area contributed by atoms with Crippen LogP contribution in [0.3, 0.4) is 0 Å². The number of aliphatic hydroxyl groups is 1. The lowest BCUT2D eigenvalue weighted by atomic mass is 10.0. The molecule has 2 atom stereocenters. The van der Waals surface area contributed by atoms with Gasteiger partial charge in [-0.15, -0.1) is 11.6 Å². The first-order chi connectivity index (χ1) is 8.02. The first-order valence-electron chi connectivity index (χ1n) is 5.70. The number of halogens is 1. The van der Waals surface area contributed by atoms with Crippen LogP contribution in [0.2, 0.25) is 0 Å². The van der Waals surface area contributed by atoms with Gasteiger partial charge in [0.15, 0.2) is 5.12 Å². The molecule has 4 nitrogen and oxygen atoms in total. The van der Waals surface area contributed by atoms with Crippen molar-refractivity contribution in [2.75, 3.05) is 18.2 Å². The second-order valence-corrected chi connectivity index (χ2v) is 5.18. The summed E-state index contributed by atoms with van der Waals surface area (Å²) in [5, 5.41) is 12.2. The van der Waals surface area contributed by atoms with Gasteiger partial charge in [0.1, 0.15) is 0 Å². The summed E-state index contributed by atoms with van der Waals surface area (Å²) in [5.41, 5.74) is 0. The van der Waals surface area contributed by atoms with E-state index in [-0.39, 0.29) is 11.0 Å². The van der Waals surface area contributed by atoms with Gasteiger partial charge >= 0.3 is 0 Å². The van der Waals surface area contributed by atoms with Crippen molar-refractivity contribution in [3.63, 3.8) is 0 Å². The summed E-state index contributed by atoms with van der Waals surface area (Å²) in [5.74, 6) is 0.437. The summed E-state index contributed by atoms with van der Waals surface area (Å²) in [6.45, 7) is 3.94. The van der Waals surface area contributed by atoms with Crippen LogP contribution in [0.4, 0.5) is 0 Å². The minimum Gasteiger partial charge on any atom is -0.392 e. The summed E-state index contributed by atoms with van der Waals surface area (Å²) >= 11 is 6.63. The van der Waals surface area contributed by atoms with E-state index in [0.717, 1.165) is 11.8 Å². The van der Waals surface area contributed by atoms with Crippen molar-refractivity contribution in [2.24, 2.45) is 5.92 Å². The SMILES string of the molecule is CCC(=O)NCCSC(=O)C(C)C(O)CCCl. The Hall–Kier alpha value is -0.260. The highest BCUT2D eigenvalue weighted by Gasteiger charge is 2.21. The van der Waals surface area contributed by atoms with Gasteiger partial charge in [-0.2, -0.15) is 0 Å². The van der Waals surface area contributed by atoms with Gasteiger partial charge in [0.25, 0.3) is 0 Å². The highest BCUT2D eigenvalue weighted by Crippen LogP contribution is 2.16. The highest BCUT2D eigenvalue weighted by atomic mass is 35.5. The molecule has 0 aromatic heterocycles. The fourth-order valence-corrected chi connectivity index (χ4v) is 2.17. The maximum absolute atomic E-state index is 11.6.